The summed E-state index contributed by atoms with van der Waals surface area (Å²) in [6, 6.07) is 12.3. The molecule has 0 saturated carbocycles. The number of hydrogen-bond acceptors (Lipinski definition) is 5. The van der Waals surface area contributed by atoms with Crippen molar-refractivity contribution in [2.24, 2.45) is 0 Å². The van der Waals surface area contributed by atoms with Crippen molar-refractivity contribution < 1.29 is 27.8 Å². The van der Waals surface area contributed by atoms with E-state index in [0.29, 0.717) is 12.1 Å². The van der Waals surface area contributed by atoms with Crippen LogP contribution in [-0.2, 0) is 17.8 Å². The van der Waals surface area contributed by atoms with E-state index < -0.39 is 6.61 Å². The third kappa shape index (κ3) is 5.90. The number of amides is 1. The fourth-order valence-electron chi connectivity index (χ4n) is 3.39. The quantitative estimate of drug-likeness (QED) is 0.655. The lowest BCUT2D eigenvalue weighted by Crippen LogP contribution is -2.35. The molecule has 0 aliphatic carbocycles. The molecule has 30 heavy (non-hydrogen) atoms. The third-order valence-electron chi connectivity index (χ3n) is 4.89. The van der Waals surface area contributed by atoms with Crippen LogP contribution in [0.2, 0.25) is 0 Å². The van der Waals surface area contributed by atoms with E-state index in [1.54, 1.807) is 30.1 Å². The second-order valence-corrected chi connectivity index (χ2v) is 7.11. The van der Waals surface area contributed by atoms with Gasteiger partial charge in [0.1, 0.15) is 0 Å². The average molecular weight is 420 g/mol. The molecule has 0 spiro atoms. The molecule has 1 aliphatic rings. The lowest BCUT2D eigenvalue weighted by molar-refractivity contribution is -0.0512. The molecule has 0 aromatic heterocycles. The zero-order chi connectivity index (χ0) is 21.5. The largest absolute Gasteiger partial charge is 0.493 e. The Balaban J connectivity index is 1.66. The number of halogens is 2. The molecule has 1 fully saturated rings. The highest BCUT2D eigenvalue weighted by molar-refractivity contribution is 5.94. The number of nitrogens with zero attached hydrogens (tertiary/aromatic N) is 2. The Morgan fingerprint density at radius 1 is 1.13 bits per heavy atom. The number of benzene rings is 2. The minimum Gasteiger partial charge on any atom is -0.493 e. The molecule has 1 amide bonds. The zero-order valence-corrected chi connectivity index (χ0v) is 17.1. The van der Waals surface area contributed by atoms with Crippen LogP contribution in [0.1, 0.15) is 21.5 Å². The highest BCUT2D eigenvalue weighted by Gasteiger charge is 2.16. The Labute approximate surface area is 174 Å². The molecule has 0 N–H and O–H groups in total. The van der Waals surface area contributed by atoms with Crippen LogP contribution in [0.5, 0.6) is 11.5 Å². The van der Waals surface area contributed by atoms with Crippen molar-refractivity contribution in [3.05, 3.63) is 59.2 Å². The first kappa shape index (κ1) is 22.0. The summed E-state index contributed by atoms with van der Waals surface area (Å²) in [6.07, 6.45) is 0. The Bertz CT molecular complexity index is 857. The molecule has 2 aromatic rings. The summed E-state index contributed by atoms with van der Waals surface area (Å²) in [7, 11) is 3.08. The van der Waals surface area contributed by atoms with E-state index in [2.05, 4.69) is 9.64 Å². The summed E-state index contributed by atoms with van der Waals surface area (Å²) in [6.45, 7) is 1.36. The number of methoxy groups -OCH3 is 1. The molecule has 162 valence electrons. The maximum absolute atomic E-state index is 12.9. The van der Waals surface area contributed by atoms with E-state index in [9.17, 15) is 13.6 Å². The number of rotatable bonds is 8. The predicted molar refractivity (Wildman–Crippen MR) is 108 cm³/mol. The monoisotopic (exact) mass is 420 g/mol. The fraction of sp³-hybridized carbons (Fsp3) is 0.409. The Kier molecular flexibility index (Phi) is 7.59. The Morgan fingerprint density at radius 2 is 1.90 bits per heavy atom. The van der Waals surface area contributed by atoms with Gasteiger partial charge in [0.2, 0.25) is 0 Å². The standard InChI is InChI=1S/C22H26F2N2O4/c1-25(14-17-6-7-19(30-22(23)24)20(13-17)28-2)21(27)18-5-3-4-16(12-18)15-26-8-10-29-11-9-26/h3-7,12-13,22H,8-11,14-15H2,1-2H3. The minimum absolute atomic E-state index is 0.0407. The van der Waals surface area contributed by atoms with Gasteiger partial charge < -0.3 is 19.1 Å². The highest BCUT2D eigenvalue weighted by atomic mass is 19.3. The van der Waals surface area contributed by atoms with Gasteiger partial charge in [-0.25, -0.2) is 0 Å². The summed E-state index contributed by atoms with van der Waals surface area (Å²) >= 11 is 0. The van der Waals surface area contributed by atoms with Crippen LogP contribution >= 0.6 is 0 Å². The van der Waals surface area contributed by atoms with Gasteiger partial charge in [0, 0.05) is 38.8 Å². The van der Waals surface area contributed by atoms with Gasteiger partial charge in [0.25, 0.3) is 5.91 Å². The minimum atomic E-state index is -2.93. The summed E-state index contributed by atoms with van der Waals surface area (Å²) in [5.41, 5.74) is 2.42. The molecule has 6 nitrogen and oxygen atoms in total. The number of carbonyl (C=O) groups excluding carboxylic acids is 1. The van der Waals surface area contributed by atoms with Crippen LogP contribution in [0.3, 0.4) is 0 Å². The van der Waals surface area contributed by atoms with E-state index in [-0.39, 0.29) is 17.4 Å². The first-order chi connectivity index (χ1) is 14.5. The van der Waals surface area contributed by atoms with E-state index >= 15 is 0 Å². The molecule has 0 bridgehead atoms. The van der Waals surface area contributed by atoms with Crippen molar-refractivity contribution in [2.45, 2.75) is 19.7 Å². The van der Waals surface area contributed by atoms with Crippen LogP contribution in [0.4, 0.5) is 8.78 Å². The molecule has 0 atom stereocenters. The first-order valence-electron chi connectivity index (χ1n) is 9.72. The van der Waals surface area contributed by atoms with Crippen LogP contribution in [0.25, 0.3) is 0 Å². The van der Waals surface area contributed by atoms with Crippen LogP contribution < -0.4 is 9.47 Å². The van der Waals surface area contributed by atoms with Gasteiger partial charge in [-0.3, -0.25) is 9.69 Å². The highest BCUT2D eigenvalue weighted by Crippen LogP contribution is 2.30. The number of hydrogen-bond donors (Lipinski definition) is 0. The van der Waals surface area contributed by atoms with Crippen LogP contribution in [-0.4, -0.2) is 62.8 Å². The summed E-state index contributed by atoms with van der Waals surface area (Å²) in [5, 5.41) is 0. The second-order valence-electron chi connectivity index (χ2n) is 7.11. The van der Waals surface area contributed by atoms with Crippen LogP contribution in [0, 0.1) is 0 Å². The summed E-state index contributed by atoms with van der Waals surface area (Å²) in [5.74, 6) is 0.0351. The maximum atomic E-state index is 12.9. The van der Waals surface area contributed by atoms with Crippen LogP contribution in [0.15, 0.2) is 42.5 Å². The van der Waals surface area contributed by atoms with E-state index in [0.717, 1.165) is 44.0 Å². The number of morpholine rings is 1. The number of carbonyl (C=O) groups is 1. The number of alkyl halides is 2. The van der Waals surface area contributed by atoms with Crippen molar-refractivity contribution in [3.8, 4) is 11.5 Å². The molecular weight excluding hydrogens is 394 g/mol. The SMILES string of the molecule is COc1cc(CN(C)C(=O)c2cccc(CN3CCOCC3)c2)ccc1OC(F)F. The van der Waals surface area contributed by atoms with Gasteiger partial charge in [-0.05, 0) is 35.4 Å². The summed E-state index contributed by atoms with van der Waals surface area (Å²) in [4.78, 5) is 16.8. The van der Waals surface area contributed by atoms with E-state index in [1.165, 1.54) is 13.2 Å². The molecular formula is C22H26F2N2O4. The molecule has 8 heteroatoms. The average Bonchev–Trinajstić information content (AvgIpc) is 2.74. The van der Waals surface area contributed by atoms with Gasteiger partial charge >= 0.3 is 6.61 Å². The van der Waals surface area contributed by atoms with Crippen molar-refractivity contribution in [3.63, 3.8) is 0 Å². The molecule has 3 rings (SSSR count). The molecule has 1 heterocycles. The van der Waals surface area contributed by atoms with Crippen molar-refractivity contribution >= 4 is 5.91 Å². The normalized spacial score (nSPS) is 14.6. The molecule has 1 saturated heterocycles. The first-order valence-corrected chi connectivity index (χ1v) is 9.72. The zero-order valence-electron chi connectivity index (χ0n) is 17.1. The maximum Gasteiger partial charge on any atom is 0.387 e. The summed E-state index contributed by atoms with van der Waals surface area (Å²) < 4.78 is 39.9. The van der Waals surface area contributed by atoms with Crippen molar-refractivity contribution in [2.75, 3.05) is 40.5 Å². The van der Waals surface area contributed by atoms with Gasteiger partial charge in [0.15, 0.2) is 11.5 Å². The van der Waals surface area contributed by atoms with Gasteiger partial charge in [0.05, 0.1) is 20.3 Å². The molecule has 0 radical (unpaired) electrons. The van der Waals surface area contributed by atoms with E-state index in [4.69, 9.17) is 9.47 Å². The molecule has 2 aromatic carbocycles. The molecule has 1 aliphatic heterocycles. The Morgan fingerprint density at radius 3 is 2.60 bits per heavy atom. The second kappa shape index (κ2) is 10.4. The number of ether oxygens (including phenoxy) is 3. The van der Waals surface area contributed by atoms with Gasteiger partial charge in [-0.1, -0.05) is 18.2 Å². The fourth-order valence-corrected chi connectivity index (χ4v) is 3.39. The lowest BCUT2D eigenvalue weighted by Gasteiger charge is -2.26. The predicted octanol–water partition coefficient (Wildman–Crippen LogP) is 3.40. The molecule has 0 unspecified atom stereocenters. The smallest absolute Gasteiger partial charge is 0.387 e. The van der Waals surface area contributed by atoms with Crippen molar-refractivity contribution in [1.82, 2.24) is 9.80 Å². The Hall–Kier alpha value is -2.71. The third-order valence-corrected chi connectivity index (χ3v) is 4.89. The topological polar surface area (TPSA) is 51.2 Å². The van der Waals surface area contributed by atoms with Gasteiger partial charge in [-0.15, -0.1) is 0 Å². The van der Waals surface area contributed by atoms with E-state index in [1.807, 2.05) is 18.2 Å². The lowest BCUT2D eigenvalue weighted by atomic mass is 10.1. The van der Waals surface area contributed by atoms with Crippen molar-refractivity contribution in [1.29, 1.82) is 0 Å². The van der Waals surface area contributed by atoms with Gasteiger partial charge in [-0.2, -0.15) is 8.78 Å².